The summed E-state index contributed by atoms with van der Waals surface area (Å²) in [6.07, 6.45) is 5.08. The number of rotatable bonds is 6. The summed E-state index contributed by atoms with van der Waals surface area (Å²) in [6.45, 7) is 5.71. The molecule has 0 aliphatic rings. The predicted octanol–water partition coefficient (Wildman–Crippen LogP) is 4.32. The number of aromatic nitrogens is 5. The summed E-state index contributed by atoms with van der Waals surface area (Å²) >= 11 is 0. The maximum atomic E-state index is 14.8. The van der Waals surface area contributed by atoms with Crippen LogP contribution >= 0.6 is 0 Å². The van der Waals surface area contributed by atoms with Crippen molar-refractivity contribution in [2.45, 2.75) is 26.8 Å². The van der Waals surface area contributed by atoms with E-state index in [-0.39, 0.29) is 28.8 Å². The predicted molar refractivity (Wildman–Crippen MR) is 122 cm³/mol. The van der Waals surface area contributed by atoms with E-state index >= 15 is 0 Å². The molecule has 0 aliphatic carbocycles. The molecule has 0 fully saturated rings. The number of hydrogen-bond acceptors (Lipinski definition) is 7. The van der Waals surface area contributed by atoms with E-state index in [2.05, 4.69) is 25.3 Å². The van der Waals surface area contributed by atoms with Gasteiger partial charge in [0.2, 0.25) is 5.95 Å². The quantitative estimate of drug-likeness (QED) is 0.221. The van der Waals surface area contributed by atoms with Crippen LogP contribution in [-0.4, -0.2) is 35.6 Å². The van der Waals surface area contributed by atoms with Crippen LogP contribution in [0.3, 0.4) is 0 Å². The van der Waals surface area contributed by atoms with Gasteiger partial charge >= 0.3 is 0 Å². The largest absolute Gasteiger partial charge is 0.326 e. The first-order chi connectivity index (χ1) is 16.3. The molecule has 34 heavy (non-hydrogen) atoms. The number of fused-ring (bicyclic) bond motifs is 1. The molecule has 0 radical (unpaired) electrons. The zero-order chi connectivity index (χ0) is 24.4. The van der Waals surface area contributed by atoms with Gasteiger partial charge in [0, 0.05) is 23.9 Å². The van der Waals surface area contributed by atoms with E-state index in [9.17, 15) is 13.6 Å². The molecular formula is C23H21F2N7O2. The van der Waals surface area contributed by atoms with E-state index in [1.165, 1.54) is 23.8 Å². The highest BCUT2D eigenvalue weighted by Crippen LogP contribution is 2.30. The van der Waals surface area contributed by atoms with Crippen molar-refractivity contribution < 1.29 is 18.8 Å². The summed E-state index contributed by atoms with van der Waals surface area (Å²) in [5.41, 5.74) is 3.06. The van der Waals surface area contributed by atoms with E-state index in [0.717, 1.165) is 12.3 Å². The van der Waals surface area contributed by atoms with Crippen LogP contribution in [0.2, 0.25) is 0 Å². The van der Waals surface area contributed by atoms with Crippen LogP contribution in [0.1, 0.15) is 31.3 Å². The van der Waals surface area contributed by atoms with Crippen molar-refractivity contribution in [3.8, 4) is 11.3 Å². The lowest BCUT2D eigenvalue weighted by atomic mass is 10.1. The van der Waals surface area contributed by atoms with Crippen LogP contribution in [0.25, 0.3) is 28.4 Å². The fourth-order valence-electron chi connectivity index (χ4n) is 3.59. The van der Waals surface area contributed by atoms with Gasteiger partial charge in [0.15, 0.2) is 11.6 Å². The molecule has 11 heteroatoms. The monoisotopic (exact) mass is 465 g/mol. The second-order valence-corrected chi connectivity index (χ2v) is 7.75. The van der Waals surface area contributed by atoms with Crippen LogP contribution in [-0.2, 0) is 4.79 Å². The Kier molecular flexibility index (Phi) is 6.28. The van der Waals surface area contributed by atoms with Gasteiger partial charge in [0.1, 0.15) is 22.9 Å². The van der Waals surface area contributed by atoms with Crippen molar-refractivity contribution >= 4 is 34.8 Å². The van der Waals surface area contributed by atoms with E-state index in [1.54, 1.807) is 25.1 Å². The van der Waals surface area contributed by atoms with Gasteiger partial charge in [-0.05, 0) is 56.7 Å². The van der Waals surface area contributed by atoms with Crippen LogP contribution in [0, 0.1) is 18.6 Å². The molecule has 0 aliphatic heterocycles. The standard InChI is InChI=1S/C23H21F2N7O2/c1-12(2)32-13(3)28-22-16(24)8-15(9-18(22)32)21-17(25)11-27-23(30-21)29-19-6-4-14(10-26-19)5-7-20(33)31-34/h4-12,34H,1-3H3,(H,31,33)(H,26,27,29,30)/b7-5+. The molecule has 9 nitrogen and oxygen atoms in total. The third-order valence-corrected chi connectivity index (χ3v) is 5.02. The number of hydroxylamine groups is 1. The number of halogens is 2. The average molecular weight is 465 g/mol. The van der Waals surface area contributed by atoms with Gasteiger partial charge < -0.3 is 9.88 Å². The number of aryl methyl sites for hydroxylation is 1. The van der Waals surface area contributed by atoms with Gasteiger partial charge in [-0.2, -0.15) is 0 Å². The maximum Gasteiger partial charge on any atom is 0.267 e. The molecule has 3 aromatic heterocycles. The van der Waals surface area contributed by atoms with Crippen molar-refractivity contribution in [3.63, 3.8) is 0 Å². The molecule has 0 saturated heterocycles. The number of carbonyl (C=O) groups excluding carboxylic acids is 1. The minimum atomic E-state index is -0.702. The first kappa shape index (κ1) is 22.9. The lowest BCUT2D eigenvalue weighted by Gasteiger charge is -2.12. The minimum absolute atomic E-state index is 0.0361. The van der Waals surface area contributed by atoms with Gasteiger partial charge in [-0.1, -0.05) is 0 Å². The summed E-state index contributed by atoms with van der Waals surface area (Å²) in [7, 11) is 0. The van der Waals surface area contributed by atoms with Crippen LogP contribution in [0.5, 0.6) is 0 Å². The Labute approximate surface area is 193 Å². The van der Waals surface area contributed by atoms with E-state index in [4.69, 9.17) is 5.21 Å². The van der Waals surface area contributed by atoms with E-state index in [1.807, 2.05) is 18.4 Å². The number of hydrogen-bond donors (Lipinski definition) is 3. The Bertz CT molecular complexity index is 1400. The highest BCUT2D eigenvalue weighted by atomic mass is 19.1. The second kappa shape index (κ2) is 9.32. The second-order valence-electron chi connectivity index (χ2n) is 7.75. The molecule has 4 aromatic rings. The van der Waals surface area contributed by atoms with Crippen LogP contribution in [0.15, 0.2) is 42.7 Å². The van der Waals surface area contributed by atoms with Gasteiger partial charge in [-0.25, -0.2) is 34.2 Å². The Balaban J connectivity index is 1.65. The van der Waals surface area contributed by atoms with Crippen molar-refractivity contribution in [3.05, 3.63) is 65.8 Å². The molecule has 0 bridgehead atoms. The summed E-state index contributed by atoms with van der Waals surface area (Å²) in [6, 6.07) is 6.18. The van der Waals surface area contributed by atoms with Crippen molar-refractivity contribution in [2.75, 3.05) is 5.32 Å². The third-order valence-electron chi connectivity index (χ3n) is 5.02. The number of amides is 1. The van der Waals surface area contributed by atoms with Crippen molar-refractivity contribution in [1.82, 2.24) is 30.0 Å². The molecule has 0 atom stereocenters. The topological polar surface area (TPSA) is 118 Å². The van der Waals surface area contributed by atoms with E-state index in [0.29, 0.717) is 22.7 Å². The molecule has 3 heterocycles. The van der Waals surface area contributed by atoms with Gasteiger partial charge in [-0.15, -0.1) is 0 Å². The molecule has 4 rings (SSSR count). The SMILES string of the molecule is Cc1nc2c(F)cc(-c3nc(Nc4ccc(/C=C/C(=O)NO)cn4)ncc3F)cc2n1C(C)C. The molecule has 0 spiro atoms. The van der Waals surface area contributed by atoms with Crippen molar-refractivity contribution in [1.29, 1.82) is 0 Å². The number of pyridine rings is 1. The minimum Gasteiger partial charge on any atom is -0.326 e. The fraction of sp³-hybridized carbons (Fsp3) is 0.174. The summed E-state index contributed by atoms with van der Waals surface area (Å²) < 4.78 is 31.4. The summed E-state index contributed by atoms with van der Waals surface area (Å²) in [5.74, 6) is -0.837. The smallest absolute Gasteiger partial charge is 0.267 e. The Morgan fingerprint density at radius 1 is 1.12 bits per heavy atom. The fourth-order valence-corrected chi connectivity index (χ4v) is 3.59. The molecule has 0 unspecified atom stereocenters. The first-order valence-electron chi connectivity index (χ1n) is 10.3. The van der Waals surface area contributed by atoms with Crippen LogP contribution in [0.4, 0.5) is 20.5 Å². The average Bonchev–Trinajstić information content (AvgIpc) is 3.16. The van der Waals surface area contributed by atoms with Gasteiger partial charge in [0.05, 0.1) is 11.7 Å². The highest BCUT2D eigenvalue weighted by Gasteiger charge is 2.18. The molecular weight excluding hydrogens is 444 g/mol. The molecule has 3 N–H and O–H groups in total. The lowest BCUT2D eigenvalue weighted by molar-refractivity contribution is -0.124. The van der Waals surface area contributed by atoms with Crippen LogP contribution < -0.4 is 10.8 Å². The van der Waals surface area contributed by atoms with Gasteiger partial charge in [-0.3, -0.25) is 10.0 Å². The summed E-state index contributed by atoms with van der Waals surface area (Å²) in [4.78, 5) is 27.7. The Hall–Kier alpha value is -4.25. The zero-order valence-corrected chi connectivity index (χ0v) is 18.5. The molecule has 1 aromatic carbocycles. The number of imidazole rings is 1. The first-order valence-corrected chi connectivity index (χ1v) is 10.3. The van der Waals surface area contributed by atoms with E-state index < -0.39 is 17.5 Å². The van der Waals surface area contributed by atoms with Gasteiger partial charge in [0.25, 0.3) is 5.91 Å². The normalized spacial score (nSPS) is 11.5. The number of carbonyl (C=O) groups is 1. The Morgan fingerprint density at radius 3 is 2.59 bits per heavy atom. The number of benzene rings is 1. The zero-order valence-electron chi connectivity index (χ0n) is 18.5. The number of anilines is 2. The number of nitrogens with one attached hydrogen (secondary N) is 2. The van der Waals surface area contributed by atoms with Crippen molar-refractivity contribution in [2.24, 2.45) is 0 Å². The lowest BCUT2D eigenvalue weighted by Crippen LogP contribution is -2.14. The molecule has 1 amide bonds. The summed E-state index contributed by atoms with van der Waals surface area (Å²) in [5, 5.41) is 11.4. The highest BCUT2D eigenvalue weighted by molar-refractivity contribution is 5.90. The number of nitrogens with zero attached hydrogens (tertiary/aromatic N) is 5. The molecule has 174 valence electrons. The Morgan fingerprint density at radius 2 is 1.91 bits per heavy atom. The third kappa shape index (κ3) is 4.59. The maximum absolute atomic E-state index is 14.8. The molecule has 0 saturated carbocycles.